The summed E-state index contributed by atoms with van der Waals surface area (Å²) in [6.07, 6.45) is 29.2. The molecule has 1 aliphatic rings. The van der Waals surface area contributed by atoms with Crippen LogP contribution in [0.1, 0.15) is 182 Å². The van der Waals surface area contributed by atoms with Crippen molar-refractivity contribution >= 4 is 0 Å². The number of aliphatic hydroxyl groups is 2. The Bertz CT molecular complexity index is 585. The van der Waals surface area contributed by atoms with Crippen molar-refractivity contribution < 1.29 is 29.2 Å². The minimum atomic E-state index is -1.01. The molecule has 0 bridgehead atoms. The van der Waals surface area contributed by atoms with Crippen molar-refractivity contribution in [3.8, 4) is 0 Å². The Kier molecular flexibility index (Phi) is 26.6. The lowest BCUT2D eigenvalue weighted by molar-refractivity contribution is -0.168. The fourth-order valence-electron chi connectivity index (χ4n) is 6.17. The zero-order chi connectivity index (χ0) is 31.4. The molecule has 1 fully saturated rings. The van der Waals surface area contributed by atoms with E-state index in [-0.39, 0.29) is 12.7 Å². The predicted molar refractivity (Wildman–Crippen MR) is 180 cm³/mol. The summed E-state index contributed by atoms with van der Waals surface area (Å²) in [5.74, 6) is -0.835. The van der Waals surface area contributed by atoms with Crippen molar-refractivity contribution in [3.63, 3.8) is 0 Å². The van der Waals surface area contributed by atoms with Gasteiger partial charge in [-0.1, -0.05) is 155 Å². The Morgan fingerprint density at radius 2 is 0.930 bits per heavy atom. The molecule has 4 atom stereocenters. The molecule has 1 saturated heterocycles. The Labute approximate surface area is 267 Å². The fraction of sp³-hybridized carbons (Fsp3) is 1.00. The second-order valence-electron chi connectivity index (χ2n) is 13.6. The van der Waals surface area contributed by atoms with Crippen molar-refractivity contribution in [1.82, 2.24) is 0 Å². The fourth-order valence-corrected chi connectivity index (χ4v) is 6.17. The highest BCUT2D eigenvalue weighted by Gasteiger charge is 2.48. The van der Waals surface area contributed by atoms with E-state index in [1.54, 1.807) is 0 Å². The van der Waals surface area contributed by atoms with Crippen LogP contribution in [-0.2, 0) is 18.9 Å². The topological polar surface area (TPSA) is 77.4 Å². The molecule has 0 aliphatic carbocycles. The van der Waals surface area contributed by atoms with Gasteiger partial charge < -0.3 is 29.2 Å². The number of ether oxygens (including phenoxy) is 4. The molecule has 0 radical (unpaired) electrons. The summed E-state index contributed by atoms with van der Waals surface area (Å²) in [6, 6.07) is 0. The van der Waals surface area contributed by atoms with Gasteiger partial charge in [-0.05, 0) is 26.7 Å². The summed E-state index contributed by atoms with van der Waals surface area (Å²) in [5, 5.41) is 20.1. The molecule has 0 aromatic heterocycles. The molecule has 0 unspecified atom stereocenters. The van der Waals surface area contributed by atoms with Gasteiger partial charge in [0.25, 0.3) is 0 Å². The molecule has 1 aliphatic heterocycles. The Morgan fingerprint density at radius 1 is 0.558 bits per heavy atom. The van der Waals surface area contributed by atoms with E-state index in [4.69, 9.17) is 18.9 Å². The van der Waals surface area contributed by atoms with Gasteiger partial charge in [-0.2, -0.15) is 0 Å². The molecule has 258 valence electrons. The van der Waals surface area contributed by atoms with Crippen LogP contribution in [0.25, 0.3) is 0 Å². The van der Waals surface area contributed by atoms with Gasteiger partial charge in [0.15, 0.2) is 5.79 Å². The first-order valence-electron chi connectivity index (χ1n) is 18.8. The zero-order valence-electron chi connectivity index (χ0n) is 29.1. The summed E-state index contributed by atoms with van der Waals surface area (Å²) in [6.45, 7) is 9.64. The van der Waals surface area contributed by atoms with Gasteiger partial charge >= 0.3 is 0 Å². The predicted octanol–water partition coefficient (Wildman–Crippen LogP) is 9.66. The maximum atomic E-state index is 10.4. The van der Waals surface area contributed by atoms with E-state index in [1.807, 2.05) is 13.8 Å². The van der Waals surface area contributed by atoms with Crippen LogP contribution in [0.3, 0.4) is 0 Å². The second kappa shape index (κ2) is 28.0. The lowest BCUT2D eigenvalue weighted by Crippen LogP contribution is -2.46. The number of hydrogen-bond acceptors (Lipinski definition) is 6. The lowest BCUT2D eigenvalue weighted by atomic mass is 10.0. The van der Waals surface area contributed by atoms with Gasteiger partial charge in [0.05, 0.1) is 13.2 Å². The van der Waals surface area contributed by atoms with Crippen LogP contribution in [0, 0.1) is 0 Å². The highest BCUT2D eigenvalue weighted by atomic mass is 16.8. The van der Waals surface area contributed by atoms with Gasteiger partial charge in [0.1, 0.15) is 24.4 Å². The first-order valence-corrected chi connectivity index (χ1v) is 18.8. The first-order chi connectivity index (χ1) is 20.9. The highest BCUT2D eigenvalue weighted by Crippen LogP contribution is 2.33. The monoisotopic (exact) mass is 615 g/mol. The largest absolute Gasteiger partial charge is 0.394 e. The average molecular weight is 615 g/mol. The molecule has 1 heterocycles. The molecule has 0 saturated carbocycles. The summed E-state index contributed by atoms with van der Waals surface area (Å²) in [4.78, 5) is 0. The lowest BCUT2D eigenvalue weighted by Gasteiger charge is -2.28. The van der Waals surface area contributed by atoms with Crippen molar-refractivity contribution in [3.05, 3.63) is 0 Å². The maximum Gasteiger partial charge on any atom is 0.164 e. The van der Waals surface area contributed by atoms with E-state index < -0.39 is 24.1 Å². The molecule has 43 heavy (non-hydrogen) atoms. The smallest absolute Gasteiger partial charge is 0.164 e. The number of rotatable bonds is 32. The molecule has 1 rings (SSSR count). The van der Waals surface area contributed by atoms with Crippen LogP contribution in [0.5, 0.6) is 0 Å². The zero-order valence-corrected chi connectivity index (χ0v) is 29.1. The molecule has 0 spiro atoms. The van der Waals surface area contributed by atoms with Crippen molar-refractivity contribution in [2.24, 2.45) is 0 Å². The third-order valence-electron chi connectivity index (χ3n) is 8.85. The number of hydrogen-bond donors (Lipinski definition) is 2. The summed E-state index contributed by atoms with van der Waals surface area (Å²) in [5.41, 5.74) is 0. The van der Waals surface area contributed by atoms with Crippen LogP contribution >= 0.6 is 0 Å². The van der Waals surface area contributed by atoms with Crippen LogP contribution in [-0.4, -0.2) is 66.8 Å². The van der Waals surface area contributed by atoms with Crippen molar-refractivity contribution in [2.45, 2.75) is 212 Å². The van der Waals surface area contributed by atoms with E-state index in [0.29, 0.717) is 19.8 Å². The van der Waals surface area contributed by atoms with Gasteiger partial charge in [0.2, 0.25) is 0 Å². The third kappa shape index (κ3) is 22.0. The molecule has 6 nitrogen and oxygen atoms in total. The van der Waals surface area contributed by atoms with Gasteiger partial charge in [-0.25, -0.2) is 0 Å². The molecule has 2 N–H and O–H groups in total. The Balaban J connectivity index is 2.27. The molecule has 6 heteroatoms. The van der Waals surface area contributed by atoms with E-state index in [2.05, 4.69) is 13.8 Å². The van der Waals surface area contributed by atoms with Gasteiger partial charge in [-0.3, -0.25) is 0 Å². The first kappa shape index (κ1) is 40.8. The molecule has 0 aromatic carbocycles. The molecule has 0 amide bonds. The summed E-state index contributed by atoms with van der Waals surface area (Å²) < 4.78 is 24.6. The standard InChI is InChI=1S/C37H74O6/c1-5-7-9-11-13-15-17-19-21-23-25-27-29-40-32-34(36-35(33(39)31-38)42-37(3,4)43-36)41-30-28-26-24-22-20-18-16-14-12-10-8-6-2/h33-36,38-39H,5-32H2,1-4H3/t33-,34-,35-,36-/m1/s1. The third-order valence-corrected chi connectivity index (χ3v) is 8.85. The quantitative estimate of drug-likeness (QED) is 0.0735. The van der Waals surface area contributed by atoms with E-state index in [0.717, 1.165) is 12.8 Å². The van der Waals surface area contributed by atoms with Gasteiger partial charge in [-0.15, -0.1) is 0 Å². The molecule has 0 aromatic rings. The molecular formula is C37H74O6. The minimum absolute atomic E-state index is 0.335. The maximum absolute atomic E-state index is 10.4. The van der Waals surface area contributed by atoms with Crippen LogP contribution in [0.4, 0.5) is 0 Å². The number of unbranched alkanes of at least 4 members (excludes halogenated alkanes) is 22. The summed E-state index contributed by atoms with van der Waals surface area (Å²) >= 11 is 0. The average Bonchev–Trinajstić information content (AvgIpc) is 3.33. The Morgan fingerprint density at radius 3 is 1.35 bits per heavy atom. The molecular weight excluding hydrogens is 540 g/mol. The minimum Gasteiger partial charge on any atom is -0.394 e. The summed E-state index contributed by atoms with van der Waals surface area (Å²) in [7, 11) is 0. The number of aliphatic hydroxyl groups excluding tert-OH is 2. The van der Waals surface area contributed by atoms with Crippen LogP contribution in [0.15, 0.2) is 0 Å². The van der Waals surface area contributed by atoms with E-state index >= 15 is 0 Å². The van der Waals surface area contributed by atoms with E-state index in [1.165, 1.54) is 141 Å². The SMILES string of the molecule is CCCCCCCCCCCCCCOC[C@@H](OCCCCCCCCCCCCCC)[C@H]1OC(C)(C)O[C@@H]1[C@H](O)CO. The van der Waals surface area contributed by atoms with Crippen LogP contribution in [0.2, 0.25) is 0 Å². The van der Waals surface area contributed by atoms with Crippen molar-refractivity contribution in [2.75, 3.05) is 26.4 Å². The van der Waals surface area contributed by atoms with Gasteiger partial charge in [0, 0.05) is 13.2 Å². The second-order valence-corrected chi connectivity index (χ2v) is 13.6. The van der Waals surface area contributed by atoms with E-state index in [9.17, 15) is 10.2 Å². The normalized spacial score (nSPS) is 19.7. The Hall–Kier alpha value is -0.240. The van der Waals surface area contributed by atoms with Crippen molar-refractivity contribution in [1.29, 1.82) is 0 Å². The van der Waals surface area contributed by atoms with Crippen LogP contribution < -0.4 is 0 Å². The highest BCUT2D eigenvalue weighted by molar-refractivity contribution is 4.91.